The standard InChI is InChI=1S/C14H21NO2/c1-11(15-9-14(10-16)7-8-14)12-5-3-4-6-13(12)17-2/h3-6,11,15-16H,7-10H2,1-2H3. The quantitative estimate of drug-likeness (QED) is 0.793. The molecule has 2 rings (SSSR count). The van der Waals surface area contributed by atoms with Crippen molar-refractivity contribution in [2.24, 2.45) is 5.41 Å². The third-order valence-electron chi connectivity index (χ3n) is 3.68. The van der Waals surface area contributed by atoms with Gasteiger partial charge in [0.25, 0.3) is 0 Å². The molecule has 2 N–H and O–H groups in total. The van der Waals surface area contributed by atoms with Gasteiger partial charge in [-0.25, -0.2) is 0 Å². The summed E-state index contributed by atoms with van der Waals surface area (Å²) in [7, 11) is 1.70. The van der Waals surface area contributed by atoms with E-state index in [0.29, 0.717) is 6.61 Å². The average molecular weight is 235 g/mol. The highest BCUT2D eigenvalue weighted by Gasteiger charge is 2.41. The molecular weight excluding hydrogens is 214 g/mol. The fourth-order valence-electron chi connectivity index (χ4n) is 2.07. The Kier molecular flexibility index (Phi) is 3.69. The smallest absolute Gasteiger partial charge is 0.123 e. The zero-order valence-electron chi connectivity index (χ0n) is 10.6. The molecule has 0 spiro atoms. The molecule has 0 saturated heterocycles. The van der Waals surface area contributed by atoms with Gasteiger partial charge in [-0.15, -0.1) is 0 Å². The largest absolute Gasteiger partial charge is 0.496 e. The Morgan fingerprint density at radius 3 is 2.71 bits per heavy atom. The van der Waals surface area contributed by atoms with Crippen molar-refractivity contribution in [3.8, 4) is 5.75 Å². The first-order valence-corrected chi connectivity index (χ1v) is 6.18. The van der Waals surface area contributed by atoms with Crippen molar-refractivity contribution in [3.63, 3.8) is 0 Å². The molecule has 1 saturated carbocycles. The lowest BCUT2D eigenvalue weighted by atomic mass is 10.0. The summed E-state index contributed by atoms with van der Waals surface area (Å²) in [6.45, 7) is 3.30. The number of methoxy groups -OCH3 is 1. The van der Waals surface area contributed by atoms with E-state index in [1.165, 1.54) is 5.56 Å². The van der Waals surface area contributed by atoms with E-state index in [-0.39, 0.29) is 11.5 Å². The number of nitrogens with one attached hydrogen (secondary N) is 1. The Bertz CT molecular complexity index is 374. The minimum absolute atomic E-state index is 0.149. The molecule has 1 atom stereocenters. The van der Waals surface area contributed by atoms with E-state index >= 15 is 0 Å². The van der Waals surface area contributed by atoms with Crippen LogP contribution in [0.5, 0.6) is 5.75 Å². The maximum atomic E-state index is 9.28. The van der Waals surface area contributed by atoms with Crippen LogP contribution in [0.1, 0.15) is 31.4 Å². The van der Waals surface area contributed by atoms with E-state index in [2.05, 4.69) is 18.3 Å². The summed E-state index contributed by atoms with van der Waals surface area (Å²) in [5.74, 6) is 0.918. The highest BCUT2D eigenvalue weighted by molar-refractivity contribution is 5.35. The molecule has 3 nitrogen and oxygen atoms in total. The molecular formula is C14H21NO2. The van der Waals surface area contributed by atoms with Crippen molar-refractivity contribution in [1.82, 2.24) is 5.32 Å². The van der Waals surface area contributed by atoms with Crippen molar-refractivity contribution in [1.29, 1.82) is 0 Å². The van der Waals surface area contributed by atoms with Gasteiger partial charge in [-0.05, 0) is 25.8 Å². The van der Waals surface area contributed by atoms with Gasteiger partial charge in [-0.3, -0.25) is 0 Å². The number of aliphatic hydroxyl groups excluding tert-OH is 1. The predicted octanol–water partition coefficient (Wildman–Crippen LogP) is 2.12. The predicted molar refractivity (Wildman–Crippen MR) is 68.2 cm³/mol. The molecule has 3 heteroatoms. The number of ether oxygens (including phenoxy) is 1. The molecule has 17 heavy (non-hydrogen) atoms. The highest BCUT2D eigenvalue weighted by Crippen LogP contribution is 2.44. The second-order valence-electron chi connectivity index (χ2n) is 5.00. The van der Waals surface area contributed by atoms with Crippen LogP contribution in [0.2, 0.25) is 0 Å². The van der Waals surface area contributed by atoms with Gasteiger partial charge in [-0.1, -0.05) is 18.2 Å². The molecule has 1 aromatic carbocycles. The molecule has 94 valence electrons. The lowest BCUT2D eigenvalue weighted by molar-refractivity contribution is 0.204. The Labute approximate surface area is 103 Å². The molecule has 0 aliphatic heterocycles. The van der Waals surface area contributed by atoms with Gasteiger partial charge in [0.15, 0.2) is 0 Å². The zero-order valence-corrected chi connectivity index (χ0v) is 10.6. The Morgan fingerprint density at radius 2 is 2.12 bits per heavy atom. The minimum Gasteiger partial charge on any atom is -0.496 e. The molecule has 1 aromatic rings. The van der Waals surface area contributed by atoms with Crippen LogP contribution < -0.4 is 10.1 Å². The van der Waals surface area contributed by atoms with E-state index in [1.807, 2.05) is 18.2 Å². The van der Waals surface area contributed by atoms with Gasteiger partial charge < -0.3 is 15.2 Å². The number of rotatable bonds is 6. The summed E-state index contributed by atoms with van der Waals surface area (Å²) in [6, 6.07) is 8.30. The first kappa shape index (κ1) is 12.4. The molecule has 1 aliphatic rings. The summed E-state index contributed by atoms with van der Waals surface area (Å²) in [4.78, 5) is 0. The summed E-state index contributed by atoms with van der Waals surface area (Å²) in [5, 5.41) is 12.8. The lowest BCUT2D eigenvalue weighted by Gasteiger charge is -2.20. The second-order valence-corrected chi connectivity index (χ2v) is 5.00. The van der Waals surface area contributed by atoms with Crippen molar-refractivity contribution in [2.45, 2.75) is 25.8 Å². The summed E-state index contributed by atoms with van der Waals surface area (Å²) in [5.41, 5.74) is 1.32. The summed E-state index contributed by atoms with van der Waals surface area (Å²) < 4.78 is 5.35. The third-order valence-corrected chi connectivity index (χ3v) is 3.68. The molecule has 0 amide bonds. The van der Waals surface area contributed by atoms with Gasteiger partial charge in [-0.2, -0.15) is 0 Å². The minimum atomic E-state index is 0.149. The van der Waals surface area contributed by atoms with Crippen molar-refractivity contribution >= 4 is 0 Å². The Morgan fingerprint density at radius 1 is 1.41 bits per heavy atom. The fourth-order valence-corrected chi connectivity index (χ4v) is 2.07. The van der Waals surface area contributed by atoms with Gasteiger partial charge in [0.1, 0.15) is 5.75 Å². The van der Waals surface area contributed by atoms with Crippen LogP contribution >= 0.6 is 0 Å². The van der Waals surface area contributed by atoms with Gasteiger partial charge in [0.2, 0.25) is 0 Å². The molecule has 0 heterocycles. The first-order valence-electron chi connectivity index (χ1n) is 6.18. The van der Waals surface area contributed by atoms with Crippen LogP contribution in [0.25, 0.3) is 0 Å². The van der Waals surface area contributed by atoms with E-state index < -0.39 is 0 Å². The van der Waals surface area contributed by atoms with Gasteiger partial charge >= 0.3 is 0 Å². The van der Waals surface area contributed by atoms with Crippen LogP contribution in [0.4, 0.5) is 0 Å². The number of hydrogen-bond acceptors (Lipinski definition) is 3. The van der Waals surface area contributed by atoms with Gasteiger partial charge in [0, 0.05) is 30.2 Å². The number of benzene rings is 1. The SMILES string of the molecule is COc1ccccc1C(C)NCC1(CO)CC1. The average Bonchev–Trinajstić information content (AvgIpc) is 3.16. The first-order chi connectivity index (χ1) is 8.21. The van der Waals surface area contributed by atoms with Crippen LogP contribution in [0.15, 0.2) is 24.3 Å². The monoisotopic (exact) mass is 235 g/mol. The van der Waals surface area contributed by atoms with Crippen LogP contribution in [-0.4, -0.2) is 25.4 Å². The number of hydrogen-bond donors (Lipinski definition) is 2. The Hall–Kier alpha value is -1.06. The number of para-hydroxylation sites is 1. The molecule has 0 radical (unpaired) electrons. The van der Waals surface area contributed by atoms with E-state index in [0.717, 1.165) is 25.1 Å². The third kappa shape index (κ3) is 2.79. The molecule has 1 aliphatic carbocycles. The summed E-state index contributed by atoms with van der Waals surface area (Å²) >= 11 is 0. The van der Waals surface area contributed by atoms with Crippen molar-refractivity contribution in [3.05, 3.63) is 29.8 Å². The van der Waals surface area contributed by atoms with Crippen LogP contribution in [0, 0.1) is 5.41 Å². The topological polar surface area (TPSA) is 41.5 Å². The normalized spacial score (nSPS) is 18.8. The maximum Gasteiger partial charge on any atom is 0.123 e. The highest BCUT2D eigenvalue weighted by atomic mass is 16.5. The van der Waals surface area contributed by atoms with E-state index in [9.17, 15) is 5.11 Å². The van der Waals surface area contributed by atoms with Crippen LogP contribution in [-0.2, 0) is 0 Å². The molecule has 1 fully saturated rings. The Balaban J connectivity index is 1.97. The van der Waals surface area contributed by atoms with E-state index in [1.54, 1.807) is 7.11 Å². The molecule has 1 unspecified atom stereocenters. The zero-order chi connectivity index (χ0) is 12.3. The fraction of sp³-hybridized carbons (Fsp3) is 0.571. The number of aliphatic hydroxyl groups is 1. The van der Waals surface area contributed by atoms with Crippen molar-refractivity contribution < 1.29 is 9.84 Å². The maximum absolute atomic E-state index is 9.28. The summed E-state index contributed by atoms with van der Waals surface area (Å²) in [6.07, 6.45) is 2.27. The second kappa shape index (κ2) is 5.07. The van der Waals surface area contributed by atoms with Crippen molar-refractivity contribution in [2.75, 3.05) is 20.3 Å². The van der Waals surface area contributed by atoms with E-state index in [4.69, 9.17) is 4.74 Å². The molecule has 0 aromatic heterocycles. The van der Waals surface area contributed by atoms with Crippen LogP contribution in [0.3, 0.4) is 0 Å². The lowest BCUT2D eigenvalue weighted by Crippen LogP contribution is -2.29. The molecule has 0 bridgehead atoms. The van der Waals surface area contributed by atoms with Gasteiger partial charge in [0.05, 0.1) is 7.11 Å².